The molecule has 0 fully saturated rings. The number of carbonyl (C=O) groups excluding carboxylic acids is 1. The number of anilines is 2. The molecule has 0 saturated heterocycles. The number of rotatable bonds is 2. The second-order valence-corrected chi connectivity index (χ2v) is 2.67. The van der Waals surface area contributed by atoms with Gasteiger partial charge in [0, 0.05) is 6.07 Å². The smallest absolute Gasteiger partial charge is 0.341 e. The van der Waals surface area contributed by atoms with E-state index >= 15 is 0 Å². The third-order valence-electron chi connectivity index (χ3n) is 1.81. The lowest BCUT2D eigenvalue weighted by atomic mass is 10.1. The van der Waals surface area contributed by atoms with E-state index in [4.69, 9.17) is 16.2 Å². The van der Waals surface area contributed by atoms with Gasteiger partial charge in [-0.1, -0.05) is 0 Å². The molecule has 0 unspecified atom stereocenters. The Kier molecular flexibility index (Phi) is 4.73. The Morgan fingerprint density at radius 2 is 1.73 bits per heavy atom. The third-order valence-corrected chi connectivity index (χ3v) is 1.81. The zero-order valence-corrected chi connectivity index (χ0v) is 9.26. The summed E-state index contributed by atoms with van der Waals surface area (Å²) < 4.78 is 9.53. The second-order valence-electron chi connectivity index (χ2n) is 2.67. The van der Waals surface area contributed by atoms with Gasteiger partial charge in [0.2, 0.25) is 0 Å². The Labute approximate surface area is 93.7 Å². The van der Waals surface area contributed by atoms with Crippen molar-refractivity contribution < 1.29 is 14.3 Å². The predicted octanol–water partition coefficient (Wildman–Crippen LogP) is 1.07. The van der Waals surface area contributed by atoms with Crippen molar-refractivity contribution in [2.75, 3.05) is 25.7 Å². The highest BCUT2D eigenvalue weighted by atomic mass is 35.5. The van der Waals surface area contributed by atoms with Gasteiger partial charge >= 0.3 is 5.97 Å². The van der Waals surface area contributed by atoms with E-state index in [1.165, 1.54) is 26.4 Å². The fourth-order valence-electron chi connectivity index (χ4n) is 1.05. The molecule has 1 aromatic rings. The number of esters is 1. The molecule has 0 spiro atoms. The Hall–Kier alpha value is -1.62. The maximum Gasteiger partial charge on any atom is 0.341 e. The molecular formula is C9H13ClN2O3. The summed E-state index contributed by atoms with van der Waals surface area (Å²) in [5.74, 6) is -0.155. The minimum absolute atomic E-state index is 0. The molecule has 5 nitrogen and oxygen atoms in total. The van der Waals surface area contributed by atoms with Gasteiger partial charge in [0.25, 0.3) is 0 Å². The summed E-state index contributed by atoms with van der Waals surface area (Å²) in [4.78, 5) is 11.3. The van der Waals surface area contributed by atoms with Crippen molar-refractivity contribution in [1.82, 2.24) is 0 Å². The van der Waals surface area contributed by atoms with Gasteiger partial charge < -0.3 is 20.9 Å². The monoisotopic (exact) mass is 232 g/mol. The van der Waals surface area contributed by atoms with Crippen LogP contribution in [0, 0.1) is 0 Å². The van der Waals surface area contributed by atoms with Gasteiger partial charge in [-0.25, -0.2) is 4.79 Å². The molecule has 0 aromatic heterocycles. The van der Waals surface area contributed by atoms with Gasteiger partial charge in [0.15, 0.2) is 0 Å². The van der Waals surface area contributed by atoms with E-state index in [2.05, 4.69) is 4.74 Å². The highest BCUT2D eigenvalue weighted by Crippen LogP contribution is 2.27. The zero-order chi connectivity index (χ0) is 10.7. The minimum Gasteiger partial charge on any atom is -0.496 e. The molecule has 0 atom stereocenters. The molecule has 0 bridgehead atoms. The lowest BCUT2D eigenvalue weighted by Gasteiger charge is -2.09. The highest BCUT2D eigenvalue weighted by molar-refractivity contribution is 5.95. The molecule has 1 aromatic carbocycles. The summed E-state index contributed by atoms with van der Waals surface area (Å²) in [5.41, 5.74) is 12.1. The molecule has 0 aliphatic rings. The summed E-state index contributed by atoms with van der Waals surface area (Å²) in [7, 11) is 2.73. The predicted molar refractivity (Wildman–Crippen MR) is 60.4 cm³/mol. The standard InChI is InChI=1S/C9H12N2O3.ClH/c1-13-8-4-7(11)6(10)3-5(8)9(12)14-2;/h3-4H,10-11H2,1-2H3;1H. The van der Waals surface area contributed by atoms with Crippen molar-refractivity contribution in [3.8, 4) is 5.75 Å². The molecule has 0 radical (unpaired) electrons. The van der Waals surface area contributed by atoms with Crippen LogP contribution in [0.1, 0.15) is 10.4 Å². The summed E-state index contributed by atoms with van der Waals surface area (Å²) in [6.45, 7) is 0. The van der Waals surface area contributed by atoms with E-state index in [0.717, 1.165) is 0 Å². The van der Waals surface area contributed by atoms with Crippen LogP contribution in [0.3, 0.4) is 0 Å². The van der Waals surface area contributed by atoms with Crippen molar-refractivity contribution in [1.29, 1.82) is 0 Å². The van der Waals surface area contributed by atoms with Crippen molar-refractivity contribution in [3.63, 3.8) is 0 Å². The number of nitrogen functional groups attached to an aromatic ring is 2. The third kappa shape index (κ3) is 2.66. The molecule has 1 rings (SSSR count). The number of hydrogen-bond donors (Lipinski definition) is 2. The lowest BCUT2D eigenvalue weighted by Crippen LogP contribution is -2.06. The largest absolute Gasteiger partial charge is 0.496 e. The Morgan fingerprint density at radius 1 is 1.20 bits per heavy atom. The molecule has 0 aliphatic carbocycles. The maximum atomic E-state index is 11.3. The SMILES string of the molecule is COC(=O)c1cc(N)c(N)cc1OC.Cl. The van der Waals surface area contributed by atoms with Gasteiger partial charge in [0.1, 0.15) is 11.3 Å². The topological polar surface area (TPSA) is 87.6 Å². The number of benzene rings is 1. The van der Waals surface area contributed by atoms with E-state index in [9.17, 15) is 4.79 Å². The molecule has 6 heteroatoms. The molecular weight excluding hydrogens is 220 g/mol. The Bertz CT molecular complexity index is 369. The fraction of sp³-hybridized carbons (Fsp3) is 0.222. The Morgan fingerprint density at radius 3 is 2.20 bits per heavy atom. The van der Waals surface area contributed by atoms with Gasteiger partial charge in [-0.05, 0) is 6.07 Å². The molecule has 4 N–H and O–H groups in total. The van der Waals surface area contributed by atoms with Crippen LogP contribution in [0.4, 0.5) is 11.4 Å². The number of carbonyl (C=O) groups is 1. The molecule has 0 aliphatic heterocycles. The molecule has 84 valence electrons. The summed E-state index contributed by atoms with van der Waals surface area (Å²) in [6.07, 6.45) is 0. The second kappa shape index (κ2) is 5.31. The quantitative estimate of drug-likeness (QED) is 0.588. The zero-order valence-electron chi connectivity index (χ0n) is 8.44. The van der Waals surface area contributed by atoms with Gasteiger partial charge in [0.05, 0.1) is 25.6 Å². The first-order chi connectivity index (χ1) is 6.60. The van der Waals surface area contributed by atoms with Gasteiger partial charge in [-0.2, -0.15) is 0 Å². The number of hydrogen-bond acceptors (Lipinski definition) is 5. The van der Waals surface area contributed by atoms with Crippen LogP contribution in [0.25, 0.3) is 0 Å². The van der Waals surface area contributed by atoms with Gasteiger partial charge in [-0.3, -0.25) is 0 Å². The van der Waals surface area contributed by atoms with E-state index in [1.54, 1.807) is 0 Å². The first-order valence-corrected chi connectivity index (χ1v) is 3.91. The van der Waals surface area contributed by atoms with Crippen LogP contribution in [0.5, 0.6) is 5.75 Å². The van der Waals surface area contributed by atoms with Crippen LogP contribution < -0.4 is 16.2 Å². The van der Waals surface area contributed by atoms with Crippen molar-refractivity contribution in [3.05, 3.63) is 17.7 Å². The normalized spacial score (nSPS) is 8.93. The first-order valence-electron chi connectivity index (χ1n) is 3.91. The van der Waals surface area contributed by atoms with Crippen molar-refractivity contribution in [2.24, 2.45) is 0 Å². The van der Waals surface area contributed by atoms with Crippen LogP contribution in [0.2, 0.25) is 0 Å². The van der Waals surface area contributed by atoms with Crippen molar-refractivity contribution in [2.45, 2.75) is 0 Å². The number of methoxy groups -OCH3 is 2. The molecule has 15 heavy (non-hydrogen) atoms. The van der Waals surface area contributed by atoms with E-state index < -0.39 is 5.97 Å². The number of halogens is 1. The van der Waals surface area contributed by atoms with Gasteiger partial charge in [-0.15, -0.1) is 12.4 Å². The van der Waals surface area contributed by atoms with Crippen molar-refractivity contribution >= 4 is 29.8 Å². The Balaban J connectivity index is 0.00000196. The maximum absolute atomic E-state index is 11.3. The molecule has 0 heterocycles. The molecule has 0 amide bonds. The first kappa shape index (κ1) is 13.4. The van der Waals surface area contributed by atoms with Crippen LogP contribution >= 0.6 is 12.4 Å². The number of ether oxygens (including phenoxy) is 2. The number of nitrogens with two attached hydrogens (primary N) is 2. The average Bonchev–Trinajstić information content (AvgIpc) is 2.20. The van der Waals surface area contributed by atoms with Crippen LogP contribution in [0.15, 0.2) is 12.1 Å². The van der Waals surface area contributed by atoms with E-state index in [0.29, 0.717) is 17.1 Å². The van der Waals surface area contributed by atoms with Crippen LogP contribution in [-0.2, 0) is 4.74 Å². The summed E-state index contributed by atoms with van der Waals surface area (Å²) in [5, 5.41) is 0. The highest BCUT2D eigenvalue weighted by Gasteiger charge is 2.14. The average molecular weight is 233 g/mol. The lowest BCUT2D eigenvalue weighted by molar-refractivity contribution is 0.0597. The van der Waals surface area contributed by atoms with E-state index in [-0.39, 0.29) is 18.0 Å². The molecule has 0 saturated carbocycles. The van der Waals surface area contributed by atoms with E-state index in [1.807, 2.05) is 0 Å². The minimum atomic E-state index is -0.506. The summed E-state index contributed by atoms with van der Waals surface area (Å²) >= 11 is 0. The van der Waals surface area contributed by atoms with Crippen LogP contribution in [-0.4, -0.2) is 20.2 Å². The fourth-order valence-corrected chi connectivity index (χ4v) is 1.05. The summed E-state index contributed by atoms with van der Waals surface area (Å²) in [6, 6.07) is 2.92.